The fourth-order valence-corrected chi connectivity index (χ4v) is 5.05. The molecule has 0 aliphatic carbocycles. The van der Waals surface area contributed by atoms with E-state index in [1.807, 2.05) is 0 Å². The molecule has 11 heteroatoms. The van der Waals surface area contributed by atoms with E-state index in [1.165, 1.54) is 11.8 Å². The van der Waals surface area contributed by atoms with Crippen molar-refractivity contribution in [3.63, 3.8) is 0 Å². The van der Waals surface area contributed by atoms with E-state index in [-0.39, 0.29) is 5.57 Å². The quantitative estimate of drug-likeness (QED) is 0.540. The molecule has 0 saturated carbocycles. The van der Waals surface area contributed by atoms with Crippen LogP contribution in [0.2, 0.25) is 0 Å². The Morgan fingerprint density at radius 1 is 1.20 bits per heavy atom. The fourth-order valence-electron chi connectivity index (χ4n) is 3.37. The molecule has 0 aromatic heterocycles. The Hall–Kier alpha value is -2.43. The van der Waals surface area contributed by atoms with Crippen LogP contribution in [0.15, 0.2) is 21.5 Å². The van der Waals surface area contributed by atoms with E-state index >= 15 is 0 Å². The summed E-state index contributed by atoms with van der Waals surface area (Å²) in [5.74, 6) is -3.72. The van der Waals surface area contributed by atoms with E-state index in [0.717, 1.165) is 19.1 Å². The minimum absolute atomic E-state index is 0.317. The van der Waals surface area contributed by atoms with Crippen LogP contribution < -0.4 is 0 Å². The van der Waals surface area contributed by atoms with Crippen LogP contribution in [0.1, 0.15) is 13.8 Å². The van der Waals surface area contributed by atoms with E-state index in [2.05, 4.69) is 15.0 Å². The number of fused-ring (bicyclic) bond motifs is 2. The fraction of sp³-hybridized carbons (Fsp3) is 0.571. The number of hydrogen-bond acceptors (Lipinski definition) is 9. The predicted molar refractivity (Wildman–Crippen MR) is 82.4 cm³/mol. The van der Waals surface area contributed by atoms with Crippen LogP contribution in [0.3, 0.4) is 0 Å². The van der Waals surface area contributed by atoms with E-state index in [9.17, 15) is 24.3 Å². The van der Waals surface area contributed by atoms with Gasteiger partial charge in [0, 0.05) is 4.75 Å². The molecule has 3 rings (SSSR count). The lowest BCUT2D eigenvalue weighted by atomic mass is 9.79. The van der Waals surface area contributed by atoms with Gasteiger partial charge in [0.25, 0.3) is 5.91 Å². The Bertz CT molecular complexity index is 774. The van der Waals surface area contributed by atoms with Gasteiger partial charge in [0.1, 0.15) is 17.0 Å². The van der Waals surface area contributed by atoms with Gasteiger partial charge in [0.05, 0.1) is 14.2 Å². The maximum Gasteiger partial charge on any atom is 0.359 e. The zero-order valence-corrected chi connectivity index (χ0v) is 14.6. The van der Waals surface area contributed by atoms with Gasteiger partial charge in [-0.15, -0.1) is 16.9 Å². The molecule has 1 amide bonds. The van der Waals surface area contributed by atoms with Crippen LogP contribution in [-0.4, -0.2) is 69.7 Å². The highest BCUT2D eigenvalue weighted by molar-refractivity contribution is 8.01. The van der Waals surface area contributed by atoms with Crippen molar-refractivity contribution in [1.29, 1.82) is 0 Å². The number of nitrogens with zero attached hydrogens (tertiary/aromatic N) is 3. The van der Waals surface area contributed by atoms with Gasteiger partial charge in [-0.25, -0.2) is 14.4 Å². The topological polar surface area (TPSA) is 135 Å². The lowest BCUT2D eigenvalue weighted by Gasteiger charge is -2.48. The molecule has 10 nitrogen and oxygen atoms in total. The number of azo groups is 1. The molecule has 3 aliphatic heterocycles. The Morgan fingerprint density at radius 2 is 1.80 bits per heavy atom. The smallest absolute Gasteiger partial charge is 0.359 e. The third kappa shape index (κ3) is 1.98. The Labute approximate surface area is 146 Å². The van der Waals surface area contributed by atoms with Crippen molar-refractivity contribution in [1.82, 2.24) is 4.90 Å². The number of carboxylic acids is 1. The van der Waals surface area contributed by atoms with Gasteiger partial charge < -0.3 is 19.5 Å². The van der Waals surface area contributed by atoms with Crippen LogP contribution in [0.25, 0.3) is 0 Å². The van der Waals surface area contributed by atoms with E-state index in [0.29, 0.717) is 0 Å². The zero-order valence-electron chi connectivity index (χ0n) is 13.8. The average molecular weight is 369 g/mol. The van der Waals surface area contributed by atoms with Crippen molar-refractivity contribution in [2.75, 3.05) is 14.2 Å². The number of amides is 1. The SMILES string of the molecule is COC(=O)C1=C(C(=O)OC)[C@@]2(N=N1)C(=O)N1C(C(=O)O)C(C)(C)S[C@@H]12. The highest BCUT2D eigenvalue weighted by atomic mass is 32.2. The molecule has 0 radical (unpaired) electrons. The molecule has 3 atom stereocenters. The van der Waals surface area contributed by atoms with Gasteiger partial charge in [-0.2, -0.15) is 5.11 Å². The molecule has 3 aliphatic rings. The standard InChI is InChI=1S/C14H15N3O7S/c1-13(2)7(8(18)19)17-11(22)14(12(17)25-13)5(9(20)23-3)6(15-16-14)10(21)24-4/h7,12H,1-4H3,(H,18,19)/t7?,12-,14-/m1/s1. The third-order valence-electron chi connectivity index (χ3n) is 4.45. The second kappa shape index (κ2) is 5.28. The molecule has 0 aromatic carbocycles. The first-order valence-corrected chi connectivity index (χ1v) is 8.09. The maximum atomic E-state index is 12.9. The molecule has 0 aromatic rings. The van der Waals surface area contributed by atoms with Crippen LogP contribution >= 0.6 is 11.8 Å². The highest BCUT2D eigenvalue weighted by Gasteiger charge is 2.76. The number of rotatable bonds is 3. The Morgan fingerprint density at radius 3 is 2.32 bits per heavy atom. The van der Waals surface area contributed by atoms with Gasteiger partial charge in [0.2, 0.25) is 5.54 Å². The third-order valence-corrected chi connectivity index (χ3v) is 6.07. The summed E-state index contributed by atoms with van der Waals surface area (Å²) in [6.07, 6.45) is 0. The number of esters is 2. The van der Waals surface area contributed by atoms with Crippen LogP contribution in [-0.2, 0) is 28.7 Å². The van der Waals surface area contributed by atoms with Gasteiger partial charge in [-0.05, 0) is 13.8 Å². The Balaban J connectivity index is 2.13. The van der Waals surface area contributed by atoms with Crippen molar-refractivity contribution in [3.05, 3.63) is 11.3 Å². The highest BCUT2D eigenvalue weighted by Crippen LogP contribution is 2.60. The molecule has 25 heavy (non-hydrogen) atoms. The number of β-lactam (4-membered cyclic amide) rings is 1. The van der Waals surface area contributed by atoms with Crippen molar-refractivity contribution < 1.29 is 33.8 Å². The molecule has 134 valence electrons. The molecular weight excluding hydrogens is 354 g/mol. The van der Waals surface area contributed by atoms with Gasteiger partial charge in [-0.3, -0.25) is 4.79 Å². The zero-order chi connectivity index (χ0) is 18.7. The summed E-state index contributed by atoms with van der Waals surface area (Å²) in [6.45, 7) is 3.37. The minimum Gasteiger partial charge on any atom is -0.480 e. The summed E-state index contributed by atoms with van der Waals surface area (Å²) in [6, 6.07) is -1.09. The molecule has 1 N–H and O–H groups in total. The normalized spacial score (nSPS) is 31.8. The minimum atomic E-state index is -1.76. The van der Waals surface area contributed by atoms with Gasteiger partial charge in [-0.1, -0.05) is 0 Å². The van der Waals surface area contributed by atoms with Crippen LogP contribution in [0.4, 0.5) is 0 Å². The number of thioether (sulfide) groups is 1. The first kappa shape index (κ1) is 17.4. The monoisotopic (exact) mass is 369 g/mol. The predicted octanol–water partition coefficient (Wildman–Crippen LogP) is -0.0620. The lowest BCUT2D eigenvalue weighted by Crippen LogP contribution is -2.73. The summed E-state index contributed by atoms with van der Waals surface area (Å²) in [7, 11) is 2.20. The van der Waals surface area contributed by atoms with E-state index < -0.39 is 51.2 Å². The average Bonchev–Trinajstić information content (AvgIpc) is 3.08. The summed E-state index contributed by atoms with van der Waals surface area (Å²) < 4.78 is 8.46. The number of carbonyl (C=O) groups excluding carboxylic acids is 3. The number of hydrogen-bond donors (Lipinski definition) is 1. The molecule has 2 fully saturated rings. The second-order valence-electron chi connectivity index (χ2n) is 6.20. The first-order chi connectivity index (χ1) is 11.6. The van der Waals surface area contributed by atoms with E-state index in [1.54, 1.807) is 13.8 Å². The number of methoxy groups -OCH3 is 2. The van der Waals surface area contributed by atoms with E-state index in [4.69, 9.17) is 4.74 Å². The van der Waals surface area contributed by atoms with Crippen molar-refractivity contribution >= 4 is 35.6 Å². The number of carbonyl (C=O) groups is 4. The molecule has 0 bridgehead atoms. The summed E-state index contributed by atoms with van der Waals surface area (Å²) >= 11 is 1.18. The summed E-state index contributed by atoms with van der Waals surface area (Å²) in [4.78, 5) is 49.8. The summed E-state index contributed by atoms with van der Waals surface area (Å²) in [5.41, 5.74) is -2.48. The van der Waals surface area contributed by atoms with Crippen molar-refractivity contribution in [2.45, 2.75) is 35.5 Å². The largest absolute Gasteiger partial charge is 0.480 e. The molecular formula is C14H15N3O7S. The van der Waals surface area contributed by atoms with Crippen LogP contribution in [0.5, 0.6) is 0 Å². The van der Waals surface area contributed by atoms with Crippen molar-refractivity contribution in [2.24, 2.45) is 10.2 Å². The maximum absolute atomic E-state index is 12.9. The van der Waals surface area contributed by atoms with Crippen molar-refractivity contribution in [3.8, 4) is 0 Å². The first-order valence-electron chi connectivity index (χ1n) is 7.21. The molecule has 1 spiro atoms. The molecule has 2 saturated heterocycles. The molecule has 3 heterocycles. The number of carboxylic acid groups (broad SMARTS) is 1. The van der Waals surface area contributed by atoms with Crippen LogP contribution in [0, 0.1) is 0 Å². The number of ether oxygens (including phenoxy) is 2. The lowest BCUT2D eigenvalue weighted by molar-refractivity contribution is -0.164. The van der Waals surface area contributed by atoms with Gasteiger partial charge in [0.15, 0.2) is 5.70 Å². The Kier molecular flexibility index (Phi) is 3.67. The summed E-state index contributed by atoms with van der Waals surface area (Å²) in [5, 5.41) is 16.3. The number of aliphatic carboxylic acids is 1. The van der Waals surface area contributed by atoms with Gasteiger partial charge >= 0.3 is 17.9 Å². The second-order valence-corrected chi connectivity index (χ2v) is 7.93. The molecule has 1 unspecified atom stereocenters.